The summed E-state index contributed by atoms with van der Waals surface area (Å²) in [6.07, 6.45) is 0.174. The van der Waals surface area contributed by atoms with Crippen molar-refractivity contribution in [3.63, 3.8) is 0 Å². The van der Waals surface area contributed by atoms with Crippen molar-refractivity contribution in [1.82, 2.24) is 4.90 Å². The van der Waals surface area contributed by atoms with E-state index in [2.05, 4.69) is 0 Å². The summed E-state index contributed by atoms with van der Waals surface area (Å²) < 4.78 is 13.3. The van der Waals surface area contributed by atoms with Crippen molar-refractivity contribution in [2.75, 3.05) is 12.8 Å². The number of benzene rings is 1. The number of aliphatic carboxylic acids is 1. The van der Waals surface area contributed by atoms with Crippen molar-refractivity contribution < 1.29 is 19.1 Å². The lowest BCUT2D eigenvalue weighted by molar-refractivity contribution is -0.148. The molecule has 0 aromatic heterocycles. The van der Waals surface area contributed by atoms with Gasteiger partial charge in [0.05, 0.1) is 0 Å². The molecule has 0 spiro atoms. The first-order valence-corrected chi connectivity index (χ1v) is 6.78. The summed E-state index contributed by atoms with van der Waals surface area (Å²) in [6.45, 7) is 1.45. The highest BCUT2D eigenvalue weighted by Crippen LogP contribution is 2.22. The molecule has 1 unspecified atom stereocenters. The first-order chi connectivity index (χ1) is 8.93. The van der Waals surface area contributed by atoms with Crippen LogP contribution in [0.3, 0.4) is 0 Å². The molecule has 0 saturated carbocycles. The van der Waals surface area contributed by atoms with Gasteiger partial charge in [-0.2, -0.15) is 0 Å². The molecule has 0 saturated heterocycles. The number of thioether (sulfide) groups is 1. The number of halogens is 1. The number of nitrogens with zero attached hydrogens (tertiary/aromatic N) is 1. The van der Waals surface area contributed by atoms with E-state index in [0.717, 1.165) is 0 Å². The molecule has 0 aliphatic heterocycles. The normalized spacial score (nSPS) is 11.9. The molecule has 0 aliphatic rings. The minimum absolute atomic E-state index is 0.174. The number of likely N-dealkylation sites (N-methyl/N-ethyl adjacent to an activating group) is 1. The minimum Gasteiger partial charge on any atom is -0.480 e. The number of rotatable bonds is 6. The van der Waals surface area contributed by atoms with Crippen LogP contribution in [-0.2, 0) is 9.59 Å². The SMILES string of the molecule is CC(C(=O)O)N(C)C(=O)CCSc1ccccc1F. The van der Waals surface area contributed by atoms with E-state index in [4.69, 9.17) is 5.11 Å². The standard InChI is InChI=1S/C13H16FNO3S/c1-9(13(17)18)15(2)12(16)7-8-19-11-6-4-3-5-10(11)14/h3-6,9H,7-8H2,1-2H3,(H,17,18). The molecule has 104 valence electrons. The van der Waals surface area contributed by atoms with E-state index in [1.54, 1.807) is 18.2 Å². The highest BCUT2D eigenvalue weighted by atomic mass is 32.2. The monoisotopic (exact) mass is 285 g/mol. The van der Waals surface area contributed by atoms with Gasteiger partial charge in [-0.05, 0) is 19.1 Å². The lowest BCUT2D eigenvalue weighted by Gasteiger charge is -2.21. The van der Waals surface area contributed by atoms with Gasteiger partial charge in [0.1, 0.15) is 11.9 Å². The number of hydrogen-bond donors (Lipinski definition) is 1. The van der Waals surface area contributed by atoms with E-state index >= 15 is 0 Å². The van der Waals surface area contributed by atoms with Gasteiger partial charge in [0, 0.05) is 24.1 Å². The third-order valence-corrected chi connectivity index (χ3v) is 3.79. The Morgan fingerprint density at radius 1 is 1.42 bits per heavy atom. The second-order valence-corrected chi connectivity index (χ2v) is 5.18. The van der Waals surface area contributed by atoms with Crippen LogP contribution in [0.2, 0.25) is 0 Å². The summed E-state index contributed by atoms with van der Waals surface area (Å²) in [5.74, 6) is -1.21. The third kappa shape index (κ3) is 4.55. The molecule has 4 nitrogen and oxygen atoms in total. The fraction of sp³-hybridized carbons (Fsp3) is 0.385. The third-order valence-electron chi connectivity index (χ3n) is 2.74. The maximum Gasteiger partial charge on any atom is 0.326 e. The Bertz CT molecular complexity index is 467. The van der Waals surface area contributed by atoms with E-state index in [1.807, 2.05) is 0 Å². The average molecular weight is 285 g/mol. The van der Waals surface area contributed by atoms with Gasteiger partial charge in [0.2, 0.25) is 5.91 Å². The molecule has 1 amide bonds. The van der Waals surface area contributed by atoms with Gasteiger partial charge in [0.15, 0.2) is 0 Å². The Balaban J connectivity index is 2.43. The van der Waals surface area contributed by atoms with Crippen LogP contribution < -0.4 is 0 Å². The molecule has 0 heterocycles. The Labute approximate surface area is 115 Å². The largest absolute Gasteiger partial charge is 0.480 e. The van der Waals surface area contributed by atoms with Gasteiger partial charge in [-0.15, -0.1) is 11.8 Å². The highest BCUT2D eigenvalue weighted by molar-refractivity contribution is 7.99. The van der Waals surface area contributed by atoms with E-state index in [1.165, 1.54) is 36.7 Å². The summed E-state index contributed by atoms with van der Waals surface area (Å²) in [6, 6.07) is 5.49. The zero-order valence-electron chi connectivity index (χ0n) is 10.8. The van der Waals surface area contributed by atoms with Gasteiger partial charge < -0.3 is 10.0 Å². The maximum atomic E-state index is 13.3. The number of carboxylic acid groups (broad SMARTS) is 1. The van der Waals surface area contributed by atoms with Crippen molar-refractivity contribution in [3.05, 3.63) is 30.1 Å². The molecule has 1 aromatic carbocycles. The predicted octanol–water partition coefficient (Wildman–Crippen LogP) is 2.24. The fourth-order valence-electron chi connectivity index (χ4n) is 1.37. The molecule has 1 atom stereocenters. The van der Waals surface area contributed by atoms with Gasteiger partial charge in [-0.1, -0.05) is 12.1 Å². The van der Waals surface area contributed by atoms with Crippen LogP contribution in [0.4, 0.5) is 4.39 Å². The topological polar surface area (TPSA) is 57.6 Å². The summed E-state index contributed by atoms with van der Waals surface area (Å²) >= 11 is 1.24. The van der Waals surface area contributed by atoms with Crippen LogP contribution in [0.25, 0.3) is 0 Å². The molecule has 1 N–H and O–H groups in total. The Morgan fingerprint density at radius 2 is 2.05 bits per heavy atom. The van der Waals surface area contributed by atoms with Crippen LogP contribution in [-0.4, -0.2) is 40.7 Å². The Kier molecular flexibility index (Phi) is 5.82. The summed E-state index contributed by atoms with van der Waals surface area (Å²) in [4.78, 5) is 24.1. The zero-order valence-corrected chi connectivity index (χ0v) is 11.6. The van der Waals surface area contributed by atoms with Gasteiger partial charge in [-0.25, -0.2) is 9.18 Å². The number of carbonyl (C=O) groups is 2. The number of hydrogen-bond acceptors (Lipinski definition) is 3. The second-order valence-electron chi connectivity index (χ2n) is 4.05. The fourth-order valence-corrected chi connectivity index (χ4v) is 2.25. The molecule has 0 aliphatic carbocycles. The van der Waals surface area contributed by atoms with Gasteiger partial charge in [-0.3, -0.25) is 4.79 Å². The number of carboxylic acids is 1. The average Bonchev–Trinajstić information content (AvgIpc) is 2.38. The van der Waals surface area contributed by atoms with Crippen LogP contribution in [0.1, 0.15) is 13.3 Å². The van der Waals surface area contributed by atoms with Crippen molar-refractivity contribution in [3.8, 4) is 0 Å². The van der Waals surface area contributed by atoms with Crippen molar-refractivity contribution in [1.29, 1.82) is 0 Å². The molecule has 0 radical (unpaired) electrons. The predicted molar refractivity (Wildman–Crippen MR) is 71.6 cm³/mol. The van der Waals surface area contributed by atoms with Crippen LogP contribution in [0, 0.1) is 5.82 Å². The molecule has 19 heavy (non-hydrogen) atoms. The van der Waals surface area contributed by atoms with Crippen LogP contribution >= 0.6 is 11.8 Å². The van der Waals surface area contributed by atoms with E-state index in [0.29, 0.717) is 10.6 Å². The van der Waals surface area contributed by atoms with E-state index in [9.17, 15) is 14.0 Å². The molecular weight excluding hydrogens is 269 g/mol. The van der Waals surface area contributed by atoms with Crippen molar-refractivity contribution >= 4 is 23.6 Å². The lowest BCUT2D eigenvalue weighted by atomic mass is 10.3. The number of amides is 1. The van der Waals surface area contributed by atoms with Crippen molar-refractivity contribution in [2.45, 2.75) is 24.3 Å². The number of carbonyl (C=O) groups excluding carboxylic acids is 1. The molecule has 1 rings (SSSR count). The minimum atomic E-state index is -1.04. The van der Waals surface area contributed by atoms with E-state index in [-0.39, 0.29) is 18.1 Å². The Hall–Kier alpha value is -1.56. The van der Waals surface area contributed by atoms with E-state index < -0.39 is 12.0 Å². The smallest absolute Gasteiger partial charge is 0.326 e. The highest BCUT2D eigenvalue weighted by Gasteiger charge is 2.21. The summed E-state index contributed by atoms with van der Waals surface area (Å²) in [5, 5.41) is 8.79. The van der Waals surface area contributed by atoms with Crippen molar-refractivity contribution in [2.24, 2.45) is 0 Å². The first-order valence-electron chi connectivity index (χ1n) is 5.79. The van der Waals surface area contributed by atoms with Gasteiger partial charge >= 0.3 is 5.97 Å². The van der Waals surface area contributed by atoms with Gasteiger partial charge in [0.25, 0.3) is 0 Å². The molecular formula is C13H16FNO3S. The zero-order chi connectivity index (χ0) is 14.4. The summed E-state index contributed by atoms with van der Waals surface area (Å²) in [7, 11) is 1.45. The Morgan fingerprint density at radius 3 is 2.63 bits per heavy atom. The molecule has 0 fully saturated rings. The second kappa shape index (κ2) is 7.13. The molecule has 0 bridgehead atoms. The molecule has 1 aromatic rings. The quantitative estimate of drug-likeness (QED) is 0.814. The maximum absolute atomic E-state index is 13.3. The lowest BCUT2D eigenvalue weighted by Crippen LogP contribution is -2.40. The first kappa shape index (κ1) is 15.5. The van der Waals surface area contributed by atoms with Crippen LogP contribution in [0.5, 0.6) is 0 Å². The van der Waals surface area contributed by atoms with Crippen LogP contribution in [0.15, 0.2) is 29.2 Å². The molecule has 6 heteroatoms. The summed E-state index contributed by atoms with van der Waals surface area (Å²) in [5.41, 5.74) is 0.